The van der Waals surface area contributed by atoms with Gasteiger partial charge >= 0.3 is 0 Å². The second-order valence-corrected chi connectivity index (χ2v) is 6.68. The smallest absolute Gasteiger partial charge is 0.191 e. The van der Waals surface area contributed by atoms with Crippen LogP contribution in [0.3, 0.4) is 0 Å². The van der Waals surface area contributed by atoms with Gasteiger partial charge < -0.3 is 10.5 Å². The Kier molecular flexibility index (Phi) is 4.72. The van der Waals surface area contributed by atoms with Crippen LogP contribution in [0.5, 0.6) is 0 Å². The molecule has 0 radical (unpaired) electrons. The van der Waals surface area contributed by atoms with Crippen molar-refractivity contribution in [2.24, 2.45) is 5.73 Å². The first kappa shape index (κ1) is 14.1. The Bertz CT molecular complexity index is 535. The summed E-state index contributed by atoms with van der Waals surface area (Å²) in [6.45, 7) is 2.34. The average molecular weight is 310 g/mol. The molecule has 2 aromatic rings. The highest BCUT2D eigenvalue weighted by atomic mass is 32.2. The summed E-state index contributed by atoms with van der Waals surface area (Å²) in [7, 11) is 0. The van der Waals surface area contributed by atoms with Crippen molar-refractivity contribution in [3.63, 3.8) is 0 Å². The Balaban J connectivity index is 1.86. The second-order valence-electron chi connectivity index (χ2n) is 4.67. The molecule has 0 spiro atoms. The summed E-state index contributed by atoms with van der Waals surface area (Å²) in [5, 5.41) is 11.7. The predicted molar refractivity (Wildman–Crippen MR) is 82.1 cm³/mol. The SMILES string of the molecule is NCCSc1nnc(-c2cccs2)n1CC1CCCO1. The lowest BCUT2D eigenvalue weighted by Crippen LogP contribution is -2.16. The number of nitrogens with two attached hydrogens (primary N) is 1. The maximum Gasteiger partial charge on any atom is 0.191 e. The first-order chi connectivity index (χ1) is 9.88. The van der Waals surface area contributed by atoms with E-state index in [1.54, 1.807) is 23.1 Å². The van der Waals surface area contributed by atoms with E-state index in [0.717, 1.165) is 47.6 Å². The third-order valence-corrected chi connectivity index (χ3v) is 5.08. The van der Waals surface area contributed by atoms with Gasteiger partial charge in [0.25, 0.3) is 0 Å². The van der Waals surface area contributed by atoms with E-state index >= 15 is 0 Å². The van der Waals surface area contributed by atoms with Crippen molar-refractivity contribution in [2.45, 2.75) is 30.6 Å². The van der Waals surface area contributed by atoms with E-state index in [1.807, 2.05) is 6.07 Å². The van der Waals surface area contributed by atoms with E-state index in [2.05, 4.69) is 26.2 Å². The number of hydrogen-bond donors (Lipinski definition) is 1. The topological polar surface area (TPSA) is 66.0 Å². The molecule has 1 unspecified atom stereocenters. The highest BCUT2D eigenvalue weighted by Gasteiger charge is 2.21. The standard InChI is InChI=1S/C13H18N4OS2/c14-5-8-20-13-16-15-12(11-4-2-7-19-11)17(13)9-10-3-1-6-18-10/h2,4,7,10H,1,3,5-6,8-9,14H2. The Morgan fingerprint density at radius 2 is 2.45 bits per heavy atom. The Hall–Kier alpha value is -0.890. The maximum absolute atomic E-state index is 5.75. The lowest BCUT2D eigenvalue weighted by molar-refractivity contribution is 0.0953. The minimum Gasteiger partial charge on any atom is -0.376 e. The van der Waals surface area contributed by atoms with Crippen LogP contribution in [0.15, 0.2) is 22.7 Å². The van der Waals surface area contributed by atoms with Gasteiger partial charge in [-0.25, -0.2) is 0 Å². The molecule has 2 aromatic heterocycles. The van der Waals surface area contributed by atoms with Crippen LogP contribution < -0.4 is 5.73 Å². The average Bonchev–Trinajstić information content (AvgIpc) is 3.19. The van der Waals surface area contributed by atoms with Crippen LogP contribution >= 0.6 is 23.1 Å². The molecule has 1 fully saturated rings. The summed E-state index contributed by atoms with van der Waals surface area (Å²) in [5.41, 5.74) is 5.59. The number of aromatic nitrogens is 3. The van der Waals surface area contributed by atoms with Gasteiger partial charge in [-0.1, -0.05) is 17.8 Å². The van der Waals surface area contributed by atoms with Crippen LogP contribution in [-0.4, -0.2) is 39.8 Å². The molecule has 3 rings (SSSR count). The number of hydrogen-bond acceptors (Lipinski definition) is 6. The summed E-state index contributed by atoms with van der Waals surface area (Å²) in [6, 6.07) is 4.12. The van der Waals surface area contributed by atoms with Gasteiger partial charge in [0.15, 0.2) is 11.0 Å². The highest BCUT2D eigenvalue weighted by Crippen LogP contribution is 2.28. The quantitative estimate of drug-likeness (QED) is 0.829. The minimum absolute atomic E-state index is 0.280. The summed E-state index contributed by atoms with van der Waals surface area (Å²) in [6.07, 6.45) is 2.54. The molecule has 1 saturated heterocycles. The number of ether oxygens (including phenoxy) is 1. The third kappa shape index (κ3) is 3.06. The zero-order valence-corrected chi connectivity index (χ0v) is 12.8. The predicted octanol–water partition coefficient (Wildman–Crippen LogP) is 2.24. The molecule has 0 aromatic carbocycles. The zero-order chi connectivity index (χ0) is 13.8. The van der Waals surface area contributed by atoms with Gasteiger partial charge in [-0.15, -0.1) is 21.5 Å². The lowest BCUT2D eigenvalue weighted by atomic mass is 10.2. The molecule has 1 atom stereocenters. The van der Waals surface area contributed by atoms with Crippen LogP contribution in [0, 0.1) is 0 Å². The molecular formula is C13H18N4OS2. The van der Waals surface area contributed by atoms with E-state index in [0.29, 0.717) is 6.54 Å². The fraction of sp³-hybridized carbons (Fsp3) is 0.538. The van der Waals surface area contributed by atoms with Crippen molar-refractivity contribution in [3.05, 3.63) is 17.5 Å². The van der Waals surface area contributed by atoms with Gasteiger partial charge in [-0.2, -0.15) is 0 Å². The molecule has 3 heterocycles. The Morgan fingerprint density at radius 3 is 3.15 bits per heavy atom. The molecule has 0 saturated carbocycles. The molecule has 7 heteroatoms. The fourth-order valence-corrected chi connectivity index (χ4v) is 3.72. The van der Waals surface area contributed by atoms with E-state index in [1.165, 1.54) is 0 Å². The summed E-state index contributed by atoms with van der Waals surface area (Å²) >= 11 is 3.35. The summed E-state index contributed by atoms with van der Waals surface area (Å²) in [5.74, 6) is 1.80. The molecule has 0 amide bonds. The Labute approximate surface area is 126 Å². The van der Waals surface area contributed by atoms with Crippen molar-refractivity contribution in [2.75, 3.05) is 18.9 Å². The number of nitrogens with zero attached hydrogens (tertiary/aromatic N) is 3. The Morgan fingerprint density at radius 1 is 1.50 bits per heavy atom. The largest absolute Gasteiger partial charge is 0.376 e. The minimum atomic E-state index is 0.280. The van der Waals surface area contributed by atoms with Crippen molar-refractivity contribution in [3.8, 4) is 10.7 Å². The van der Waals surface area contributed by atoms with Crippen LogP contribution in [0.2, 0.25) is 0 Å². The van der Waals surface area contributed by atoms with Gasteiger partial charge in [-0.3, -0.25) is 4.57 Å². The van der Waals surface area contributed by atoms with Crippen LogP contribution in [0.25, 0.3) is 10.7 Å². The summed E-state index contributed by atoms with van der Waals surface area (Å²) < 4.78 is 7.93. The van der Waals surface area contributed by atoms with Crippen molar-refractivity contribution in [1.82, 2.24) is 14.8 Å². The van der Waals surface area contributed by atoms with Crippen molar-refractivity contribution < 1.29 is 4.74 Å². The molecule has 1 aliphatic rings. The van der Waals surface area contributed by atoms with Gasteiger partial charge in [-0.05, 0) is 24.3 Å². The van der Waals surface area contributed by atoms with Gasteiger partial charge in [0.05, 0.1) is 17.5 Å². The van der Waals surface area contributed by atoms with Gasteiger partial charge in [0.1, 0.15) is 0 Å². The van der Waals surface area contributed by atoms with Gasteiger partial charge in [0, 0.05) is 18.9 Å². The number of thiophene rings is 1. The van der Waals surface area contributed by atoms with Gasteiger partial charge in [0.2, 0.25) is 0 Å². The highest BCUT2D eigenvalue weighted by molar-refractivity contribution is 7.99. The number of thioether (sulfide) groups is 1. The fourth-order valence-electron chi connectivity index (χ4n) is 2.29. The molecule has 5 nitrogen and oxygen atoms in total. The van der Waals surface area contributed by atoms with Crippen LogP contribution in [0.4, 0.5) is 0 Å². The maximum atomic E-state index is 5.75. The first-order valence-electron chi connectivity index (χ1n) is 6.80. The first-order valence-corrected chi connectivity index (χ1v) is 8.66. The third-order valence-electron chi connectivity index (χ3n) is 3.22. The van der Waals surface area contributed by atoms with E-state index in [4.69, 9.17) is 10.5 Å². The molecule has 20 heavy (non-hydrogen) atoms. The second kappa shape index (κ2) is 6.71. The van der Waals surface area contributed by atoms with Crippen molar-refractivity contribution in [1.29, 1.82) is 0 Å². The zero-order valence-electron chi connectivity index (χ0n) is 11.2. The monoisotopic (exact) mass is 310 g/mol. The molecule has 0 aliphatic carbocycles. The number of rotatable bonds is 6. The molecule has 0 bridgehead atoms. The van der Waals surface area contributed by atoms with Crippen LogP contribution in [-0.2, 0) is 11.3 Å². The lowest BCUT2D eigenvalue weighted by Gasteiger charge is -2.14. The van der Waals surface area contributed by atoms with Crippen molar-refractivity contribution >= 4 is 23.1 Å². The van der Waals surface area contributed by atoms with Crippen LogP contribution in [0.1, 0.15) is 12.8 Å². The summed E-state index contributed by atoms with van der Waals surface area (Å²) in [4.78, 5) is 1.15. The molecule has 108 valence electrons. The molecule has 1 aliphatic heterocycles. The molecule has 2 N–H and O–H groups in total. The normalized spacial score (nSPS) is 18.8. The molecular weight excluding hydrogens is 292 g/mol. The van der Waals surface area contributed by atoms with E-state index in [-0.39, 0.29) is 6.10 Å². The van der Waals surface area contributed by atoms with E-state index < -0.39 is 0 Å². The van der Waals surface area contributed by atoms with E-state index in [9.17, 15) is 0 Å².